The molecule has 182 valence electrons. The van der Waals surface area contributed by atoms with Crippen LogP contribution >= 0.6 is 0 Å². The highest BCUT2D eigenvalue weighted by Crippen LogP contribution is 2.37. The molecule has 3 heterocycles. The molecule has 0 aliphatic rings. The fraction of sp³-hybridized carbons (Fsp3) is 0.346. The number of rotatable bonds is 6. The molecule has 4 aromatic rings. The summed E-state index contributed by atoms with van der Waals surface area (Å²) in [6.45, 7) is 6.46. The third kappa shape index (κ3) is 4.53. The number of nitrogens with zero attached hydrogens (tertiary/aromatic N) is 5. The number of hydrogen-bond acceptors (Lipinski definition) is 6. The van der Waals surface area contributed by atoms with Crippen LogP contribution < -0.4 is 9.64 Å². The topological polar surface area (TPSA) is 107 Å². The number of methoxy groups -OCH3 is 1. The van der Waals surface area contributed by atoms with E-state index in [2.05, 4.69) is 26.8 Å². The van der Waals surface area contributed by atoms with Gasteiger partial charge in [0.2, 0.25) is 0 Å². The number of carbonyl (C=O) groups is 1. The number of nitriles is 1. The number of carboxylic acid groups (broad SMARTS) is 1. The van der Waals surface area contributed by atoms with Crippen molar-refractivity contribution < 1.29 is 19.1 Å². The second-order valence-electron chi connectivity index (χ2n) is 9.79. The van der Waals surface area contributed by atoms with Gasteiger partial charge in [0.15, 0.2) is 11.6 Å². The molecule has 0 fully saturated rings. The lowest BCUT2D eigenvalue weighted by Crippen LogP contribution is -2.49. The molecule has 0 radical (unpaired) electrons. The Morgan fingerprint density at radius 2 is 2.00 bits per heavy atom. The van der Waals surface area contributed by atoms with Crippen molar-refractivity contribution in [1.29, 1.82) is 5.26 Å². The van der Waals surface area contributed by atoms with Gasteiger partial charge in [-0.15, -0.1) is 0 Å². The number of ether oxygens (including phenoxy) is 1. The number of likely N-dealkylation sites (N-methyl/N-ethyl adjacent to an activating group) is 1. The first-order valence-electron chi connectivity index (χ1n) is 11.2. The summed E-state index contributed by atoms with van der Waals surface area (Å²) in [6.07, 6.45) is 0.564. The van der Waals surface area contributed by atoms with Crippen LogP contribution in [0, 0.1) is 16.7 Å². The molecular formula is C26H29N5O4. The Morgan fingerprint density at radius 3 is 2.60 bits per heavy atom. The molecule has 0 aliphatic heterocycles. The van der Waals surface area contributed by atoms with E-state index in [1.54, 1.807) is 42.0 Å². The molecule has 0 spiro atoms. The molecule has 3 aromatic heterocycles. The first-order chi connectivity index (χ1) is 16.5. The second-order valence-corrected chi connectivity index (χ2v) is 9.79. The monoisotopic (exact) mass is 475 g/mol. The molecule has 0 saturated carbocycles. The number of imidazole rings is 1. The van der Waals surface area contributed by atoms with Gasteiger partial charge in [0.25, 0.3) is 0 Å². The molecule has 9 nitrogen and oxygen atoms in total. The Morgan fingerprint density at radius 1 is 1.26 bits per heavy atom. The van der Waals surface area contributed by atoms with Crippen molar-refractivity contribution in [2.24, 2.45) is 5.41 Å². The lowest BCUT2D eigenvalue weighted by atomic mass is 9.85. The van der Waals surface area contributed by atoms with E-state index in [0.29, 0.717) is 39.8 Å². The van der Waals surface area contributed by atoms with Crippen molar-refractivity contribution in [2.45, 2.75) is 26.8 Å². The van der Waals surface area contributed by atoms with Crippen molar-refractivity contribution >= 4 is 28.5 Å². The minimum Gasteiger partial charge on any atom is -0.497 e. The van der Waals surface area contributed by atoms with Gasteiger partial charge in [-0.25, -0.2) is 9.78 Å². The lowest BCUT2D eigenvalue weighted by molar-refractivity contribution is 0.151. The smallest absolute Gasteiger partial charge is 0.413 e. The van der Waals surface area contributed by atoms with Gasteiger partial charge in [0.05, 0.1) is 18.7 Å². The molecule has 0 aliphatic carbocycles. The van der Waals surface area contributed by atoms with Crippen molar-refractivity contribution in [2.75, 3.05) is 32.6 Å². The van der Waals surface area contributed by atoms with Crippen LogP contribution in [0.5, 0.6) is 5.75 Å². The number of furan rings is 1. The highest BCUT2D eigenvalue weighted by atomic mass is 16.5. The Balaban J connectivity index is 1.95. The predicted molar refractivity (Wildman–Crippen MR) is 134 cm³/mol. The first-order valence-corrected chi connectivity index (χ1v) is 11.2. The van der Waals surface area contributed by atoms with Gasteiger partial charge in [0, 0.05) is 24.2 Å². The lowest BCUT2D eigenvalue weighted by Gasteiger charge is -2.38. The van der Waals surface area contributed by atoms with Crippen LogP contribution in [-0.2, 0) is 0 Å². The molecule has 9 heteroatoms. The number of amides is 1. The van der Waals surface area contributed by atoms with Crippen molar-refractivity contribution in [3.63, 3.8) is 0 Å². The average molecular weight is 476 g/mol. The zero-order valence-electron chi connectivity index (χ0n) is 20.7. The summed E-state index contributed by atoms with van der Waals surface area (Å²) in [5.41, 5.74) is 1.70. The van der Waals surface area contributed by atoms with E-state index in [0.717, 1.165) is 5.39 Å². The molecule has 4 rings (SSSR count). The summed E-state index contributed by atoms with van der Waals surface area (Å²) >= 11 is 0. The van der Waals surface area contributed by atoms with Crippen LogP contribution in [0.3, 0.4) is 0 Å². The first kappa shape index (κ1) is 24.1. The van der Waals surface area contributed by atoms with Gasteiger partial charge in [-0.2, -0.15) is 5.26 Å². The fourth-order valence-electron chi connectivity index (χ4n) is 4.43. The standard InChI is InChI=1S/C26H29N5O4/c1-26(2,3)21(29(4)5)15-31(25(32)33)24-23(28-22-11-16(14-27)9-10-30(22)24)20-13-17-12-18(34-6)7-8-19(17)35-20/h7-13,21H,15H2,1-6H3,(H,32,33). The van der Waals surface area contributed by atoms with Crippen LogP contribution in [0.15, 0.2) is 47.0 Å². The number of benzene rings is 1. The summed E-state index contributed by atoms with van der Waals surface area (Å²) in [4.78, 5) is 20.7. The van der Waals surface area contributed by atoms with E-state index in [1.807, 2.05) is 31.1 Å². The summed E-state index contributed by atoms with van der Waals surface area (Å²) in [5, 5.41) is 20.5. The zero-order valence-corrected chi connectivity index (χ0v) is 20.7. The van der Waals surface area contributed by atoms with E-state index in [-0.39, 0.29) is 18.0 Å². The maximum absolute atomic E-state index is 12.7. The number of aromatic nitrogens is 2. The zero-order chi connectivity index (χ0) is 25.5. The van der Waals surface area contributed by atoms with Gasteiger partial charge in [0.1, 0.15) is 22.7 Å². The Labute approximate surface area is 203 Å². The normalized spacial score (nSPS) is 12.7. The molecule has 35 heavy (non-hydrogen) atoms. The van der Waals surface area contributed by atoms with Crippen LogP contribution in [-0.4, -0.2) is 59.3 Å². The van der Waals surface area contributed by atoms with E-state index in [9.17, 15) is 15.2 Å². The van der Waals surface area contributed by atoms with Gasteiger partial charge in [-0.3, -0.25) is 9.30 Å². The maximum atomic E-state index is 12.7. The highest BCUT2D eigenvalue weighted by molar-refractivity contribution is 5.93. The Kier molecular flexibility index (Phi) is 6.17. The Hall–Kier alpha value is -4.03. The SMILES string of the molecule is COc1ccc2oc(-c3nc4cc(C#N)ccn4c3N(CC(N(C)C)C(C)(C)C)C(=O)O)cc2c1. The van der Waals surface area contributed by atoms with Crippen molar-refractivity contribution in [3.8, 4) is 23.3 Å². The van der Waals surface area contributed by atoms with Gasteiger partial charge in [-0.1, -0.05) is 20.8 Å². The third-order valence-electron chi connectivity index (χ3n) is 6.15. The van der Waals surface area contributed by atoms with Crippen molar-refractivity contribution in [3.05, 3.63) is 48.2 Å². The highest BCUT2D eigenvalue weighted by Gasteiger charge is 2.34. The predicted octanol–water partition coefficient (Wildman–Crippen LogP) is 5.09. The van der Waals surface area contributed by atoms with Crippen LogP contribution in [0.2, 0.25) is 0 Å². The van der Waals surface area contributed by atoms with Gasteiger partial charge < -0.3 is 19.2 Å². The molecule has 1 atom stereocenters. The summed E-state index contributed by atoms with van der Waals surface area (Å²) < 4.78 is 13.1. The van der Waals surface area contributed by atoms with Gasteiger partial charge >= 0.3 is 6.09 Å². The molecule has 0 bridgehead atoms. The number of fused-ring (bicyclic) bond motifs is 2. The average Bonchev–Trinajstić information content (AvgIpc) is 3.38. The van der Waals surface area contributed by atoms with E-state index in [1.165, 1.54) is 4.90 Å². The summed E-state index contributed by atoms with van der Waals surface area (Å²) in [6, 6.07) is 12.6. The third-order valence-corrected chi connectivity index (χ3v) is 6.15. The number of anilines is 1. The van der Waals surface area contributed by atoms with E-state index >= 15 is 0 Å². The van der Waals surface area contributed by atoms with E-state index in [4.69, 9.17) is 14.1 Å². The molecule has 0 saturated heterocycles. The number of hydrogen-bond donors (Lipinski definition) is 1. The second kappa shape index (κ2) is 8.96. The summed E-state index contributed by atoms with van der Waals surface area (Å²) in [5.74, 6) is 1.47. The van der Waals surface area contributed by atoms with E-state index < -0.39 is 6.09 Å². The molecule has 1 unspecified atom stereocenters. The summed E-state index contributed by atoms with van der Waals surface area (Å²) in [7, 11) is 5.48. The van der Waals surface area contributed by atoms with Crippen LogP contribution in [0.4, 0.5) is 10.6 Å². The minimum atomic E-state index is -1.11. The van der Waals surface area contributed by atoms with Crippen LogP contribution in [0.25, 0.3) is 28.1 Å². The quantitative estimate of drug-likeness (QED) is 0.414. The minimum absolute atomic E-state index is 0.0877. The molecular weight excluding hydrogens is 446 g/mol. The molecule has 1 amide bonds. The maximum Gasteiger partial charge on any atom is 0.413 e. The van der Waals surface area contributed by atoms with Gasteiger partial charge in [-0.05, 0) is 55.9 Å². The van der Waals surface area contributed by atoms with Crippen LogP contribution in [0.1, 0.15) is 26.3 Å². The largest absolute Gasteiger partial charge is 0.497 e. The molecule has 1 N–H and O–H groups in total. The number of pyridine rings is 1. The molecule has 1 aromatic carbocycles. The van der Waals surface area contributed by atoms with Crippen molar-refractivity contribution in [1.82, 2.24) is 14.3 Å². The fourth-order valence-corrected chi connectivity index (χ4v) is 4.43. The Bertz CT molecular complexity index is 1440.